The summed E-state index contributed by atoms with van der Waals surface area (Å²) in [6.45, 7) is 5.24. The van der Waals surface area contributed by atoms with Gasteiger partial charge in [-0.05, 0) is 13.8 Å². The standard InChI is InChI=1S/2C5H8N2O/c2*1-2-7-5(8)3-4-6-7/h4H,2-3H2,1H3;3-4,8H,2H2,1H3. The molecule has 1 aliphatic rings. The summed E-state index contributed by atoms with van der Waals surface area (Å²) in [6, 6.07) is 1.56. The van der Waals surface area contributed by atoms with Crippen LogP contribution in [0.2, 0.25) is 0 Å². The maximum Gasteiger partial charge on any atom is 0.248 e. The molecule has 0 bridgehead atoms. The van der Waals surface area contributed by atoms with Crippen LogP contribution in [0.4, 0.5) is 0 Å². The highest BCUT2D eigenvalue weighted by Crippen LogP contribution is 2.03. The van der Waals surface area contributed by atoms with Crippen LogP contribution in [-0.4, -0.2) is 38.6 Å². The molecule has 6 heteroatoms. The van der Waals surface area contributed by atoms with Crippen LogP contribution in [0, 0.1) is 0 Å². The summed E-state index contributed by atoms with van der Waals surface area (Å²) in [4.78, 5) is 10.6. The van der Waals surface area contributed by atoms with Crippen molar-refractivity contribution in [2.45, 2.75) is 26.8 Å². The first-order chi connectivity index (χ1) is 7.69. The van der Waals surface area contributed by atoms with Gasteiger partial charge < -0.3 is 5.11 Å². The minimum Gasteiger partial charge on any atom is -0.493 e. The summed E-state index contributed by atoms with van der Waals surface area (Å²) in [5.74, 6) is 0.333. The smallest absolute Gasteiger partial charge is 0.248 e. The Morgan fingerprint density at radius 2 is 2.19 bits per heavy atom. The first kappa shape index (κ1) is 12.2. The van der Waals surface area contributed by atoms with E-state index in [2.05, 4.69) is 10.2 Å². The minimum absolute atomic E-state index is 0.104. The largest absolute Gasteiger partial charge is 0.493 e. The average molecular weight is 224 g/mol. The molecule has 1 amide bonds. The Balaban J connectivity index is 0.000000160. The monoisotopic (exact) mass is 224 g/mol. The van der Waals surface area contributed by atoms with E-state index < -0.39 is 0 Å². The van der Waals surface area contributed by atoms with E-state index in [1.54, 1.807) is 18.5 Å². The van der Waals surface area contributed by atoms with Gasteiger partial charge >= 0.3 is 0 Å². The zero-order chi connectivity index (χ0) is 12.0. The van der Waals surface area contributed by atoms with E-state index in [1.807, 2.05) is 13.8 Å². The van der Waals surface area contributed by atoms with E-state index in [0.717, 1.165) is 6.54 Å². The van der Waals surface area contributed by atoms with Crippen molar-refractivity contribution in [1.29, 1.82) is 0 Å². The molecular weight excluding hydrogens is 208 g/mol. The number of nitrogens with zero attached hydrogens (tertiary/aromatic N) is 4. The van der Waals surface area contributed by atoms with Crippen LogP contribution in [-0.2, 0) is 11.3 Å². The topological polar surface area (TPSA) is 70.7 Å². The molecule has 1 N–H and O–H groups in total. The predicted octanol–water partition coefficient (Wildman–Crippen LogP) is 0.833. The first-order valence-electron chi connectivity index (χ1n) is 5.22. The second-order valence-corrected chi connectivity index (χ2v) is 3.12. The summed E-state index contributed by atoms with van der Waals surface area (Å²) in [5.41, 5.74) is 0. The molecule has 88 valence electrons. The Kier molecular flexibility index (Phi) is 4.50. The van der Waals surface area contributed by atoms with Crippen LogP contribution >= 0.6 is 0 Å². The lowest BCUT2D eigenvalue weighted by Crippen LogP contribution is -2.19. The predicted molar refractivity (Wildman–Crippen MR) is 60.1 cm³/mol. The van der Waals surface area contributed by atoms with Gasteiger partial charge in [0.25, 0.3) is 0 Å². The number of hydrogen-bond donors (Lipinski definition) is 1. The Morgan fingerprint density at radius 3 is 2.44 bits per heavy atom. The third kappa shape index (κ3) is 3.08. The van der Waals surface area contributed by atoms with Crippen molar-refractivity contribution in [2.24, 2.45) is 5.10 Å². The molecule has 0 fully saturated rings. The maximum absolute atomic E-state index is 10.6. The molecule has 0 spiro atoms. The fourth-order valence-electron chi connectivity index (χ4n) is 1.21. The Hall–Kier alpha value is -1.85. The molecular formula is C10H16N4O2. The second kappa shape index (κ2) is 5.89. The Labute approximate surface area is 94.2 Å². The number of amides is 1. The molecule has 6 nitrogen and oxygen atoms in total. The molecule has 1 aliphatic heterocycles. The number of rotatable bonds is 2. The zero-order valence-corrected chi connectivity index (χ0v) is 9.50. The highest BCUT2D eigenvalue weighted by Gasteiger charge is 2.12. The minimum atomic E-state index is 0.104. The van der Waals surface area contributed by atoms with Crippen molar-refractivity contribution in [3.05, 3.63) is 12.3 Å². The number of aryl methyl sites for hydroxylation is 1. The summed E-state index contributed by atoms with van der Waals surface area (Å²) in [6.07, 6.45) is 3.68. The number of hydrazone groups is 1. The molecule has 0 saturated heterocycles. The molecule has 2 heterocycles. The SMILES string of the molecule is CCN1N=CCC1=O.CCn1nccc1O. The number of hydrogen-bond acceptors (Lipinski definition) is 4. The lowest BCUT2D eigenvalue weighted by atomic mass is 10.4. The fraction of sp³-hybridized carbons (Fsp3) is 0.500. The third-order valence-electron chi connectivity index (χ3n) is 2.07. The van der Waals surface area contributed by atoms with Gasteiger partial charge in [0.2, 0.25) is 11.8 Å². The zero-order valence-electron chi connectivity index (χ0n) is 9.50. The molecule has 0 radical (unpaired) electrons. The molecule has 0 aromatic carbocycles. The summed E-state index contributed by atoms with van der Waals surface area (Å²) >= 11 is 0. The van der Waals surface area contributed by atoms with Crippen molar-refractivity contribution in [2.75, 3.05) is 6.54 Å². The van der Waals surface area contributed by atoms with Crippen molar-refractivity contribution >= 4 is 12.1 Å². The molecule has 0 aliphatic carbocycles. The highest BCUT2D eigenvalue weighted by molar-refractivity contribution is 5.93. The van der Waals surface area contributed by atoms with E-state index in [4.69, 9.17) is 5.11 Å². The van der Waals surface area contributed by atoms with Crippen LogP contribution in [0.15, 0.2) is 17.4 Å². The van der Waals surface area contributed by atoms with Crippen molar-refractivity contribution in [3.63, 3.8) is 0 Å². The number of carbonyl (C=O) groups excluding carboxylic acids is 1. The maximum atomic E-state index is 10.6. The van der Waals surface area contributed by atoms with Gasteiger partial charge in [-0.2, -0.15) is 10.2 Å². The number of carbonyl (C=O) groups is 1. The van der Waals surface area contributed by atoms with E-state index >= 15 is 0 Å². The van der Waals surface area contributed by atoms with Crippen LogP contribution in [0.25, 0.3) is 0 Å². The van der Waals surface area contributed by atoms with Crippen molar-refractivity contribution < 1.29 is 9.90 Å². The Morgan fingerprint density at radius 1 is 1.44 bits per heavy atom. The van der Waals surface area contributed by atoms with Gasteiger partial charge in [0.15, 0.2) is 0 Å². The molecule has 0 unspecified atom stereocenters. The van der Waals surface area contributed by atoms with Gasteiger partial charge in [-0.25, -0.2) is 9.69 Å². The van der Waals surface area contributed by atoms with Gasteiger partial charge in [0, 0.05) is 25.4 Å². The van der Waals surface area contributed by atoms with Gasteiger partial charge in [0.1, 0.15) is 0 Å². The molecule has 0 atom stereocenters. The van der Waals surface area contributed by atoms with Gasteiger partial charge in [-0.3, -0.25) is 4.79 Å². The number of aromatic hydroxyl groups is 1. The normalized spacial score (nSPS) is 13.9. The van der Waals surface area contributed by atoms with Crippen LogP contribution in [0.1, 0.15) is 20.3 Å². The highest BCUT2D eigenvalue weighted by atomic mass is 16.3. The van der Waals surface area contributed by atoms with Crippen LogP contribution in [0.3, 0.4) is 0 Å². The van der Waals surface area contributed by atoms with Gasteiger partial charge in [0.05, 0.1) is 12.6 Å². The van der Waals surface area contributed by atoms with Crippen LogP contribution < -0.4 is 0 Å². The van der Waals surface area contributed by atoms with Gasteiger partial charge in [-0.1, -0.05) is 0 Å². The Bertz CT molecular complexity index is 373. The third-order valence-corrected chi connectivity index (χ3v) is 2.07. The van der Waals surface area contributed by atoms with E-state index in [1.165, 1.54) is 9.69 Å². The quantitative estimate of drug-likeness (QED) is 0.809. The molecule has 0 saturated carbocycles. The fourth-order valence-corrected chi connectivity index (χ4v) is 1.21. The van der Waals surface area contributed by atoms with Crippen molar-refractivity contribution in [3.8, 4) is 5.88 Å². The van der Waals surface area contributed by atoms with Gasteiger partial charge in [-0.15, -0.1) is 0 Å². The lowest BCUT2D eigenvalue weighted by Gasteiger charge is -2.05. The van der Waals surface area contributed by atoms with Crippen LogP contribution in [0.5, 0.6) is 5.88 Å². The molecule has 1 aromatic heterocycles. The lowest BCUT2D eigenvalue weighted by molar-refractivity contribution is -0.128. The van der Waals surface area contributed by atoms with Crippen molar-refractivity contribution in [1.82, 2.24) is 14.8 Å². The molecule has 1 aromatic rings. The van der Waals surface area contributed by atoms with E-state index in [0.29, 0.717) is 13.0 Å². The molecule has 16 heavy (non-hydrogen) atoms. The summed E-state index contributed by atoms with van der Waals surface area (Å²) in [5, 5.41) is 17.9. The first-order valence-corrected chi connectivity index (χ1v) is 5.22. The average Bonchev–Trinajstić information content (AvgIpc) is 2.87. The number of aromatic nitrogens is 2. The summed E-state index contributed by atoms with van der Waals surface area (Å²) < 4.78 is 1.51. The van der Waals surface area contributed by atoms with E-state index in [-0.39, 0.29) is 11.8 Å². The molecule has 2 rings (SSSR count). The second-order valence-electron chi connectivity index (χ2n) is 3.12. The summed E-state index contributed by atoms with van der Waals surface area (Å²) in [7, 11) is 0. The van der Waals surface area contributed by atoms with E-state index in [9.17, 15) is 4.79 Å².